The molecule has 7 heteroatoms. The zero-order chi connectivity index (χ0) is 18.3. The van der Waals surface area contributed by atoms with Gasteiger partial charge in [-0.05, 0) is 58.8 Å². The minimum Gasteiger partial charge on any atom is -0.384 e. The third-order valence-electron chi connectivity index (χ3n) is 4.68. The lowest BCUT2D eigenvalue weighted by Gasteiger charge is -2.19. The van der Waals surface area contributed by atoms with Gasteiger partial charge in [0.2, 0.25) is 0 Å². The zero-order valence-electron chi connectivity index (χ0n) is 14.3. The number of nitrogens with one attached hydrogen (secondary N) is 2. The van der Waals surface area contributed by atoms with Gasteiger partial charge in [0.05, 0.1) is 17.9 Å². The summed E-state index contributed by atoms with van der Waals surface area (Å²) in [6, 6.07) is 0.0242. The van der Waals surface area contributed by atoms with Crippen LogP contribution < -0.4 is 10.6 Å². The first kappa shape index (κ1) is 17.0. The van der Waals surface area contributed by atoms with Crippen molar-refractivity contribution < 1.29 is 4.39 Å². The maximum absolute atomic E-state index is 13.3. The first-order chi connectivity index (χ1) is 12.5. The maximum Gasteiger partial charge on any atom is 0.180 e. The van der Waals surface area contributed by atoms with Crippen LogP contribution in [0.2, 0.25) is 0 Å². The highest BCUT2D eigenvalue weighted by molar-refractivity contribution is 9.10. The van der Waals surface area contributed by atoms with Crippen molar-refractivity contribution in [2.75, 3.05) is 11.9 Å². The van der Waals surface area contributed by atoms with E-state index in [4.69, 9.17) is 0 Å². The smallest absolute Gasteiger partial charge is 0.180 e. The van der Waals surface area contributed by atoms with Crippen molar-refractivity contribution in [1.29, 1.82) is 0 Å². The van der Waals surface area contributed by atoms with Crippen LogP contribution in [0.5, 0.6) is 0 Å². The van der Waals surface area contributed by atoms with Crippen molar-refractivity contribution in [1.82, 2.24) is 19.7 Å². The Labute approximate surface area is 159 Å². The molecule has 0 bridgehead atoms. The van der Waals surface area contributed by atoms with E-state index < -0.39 is 0 Å². The number of halogens is 2. The maximum atomic E-state index is 13.3. The Morgan fingerprint density at radius 2 is 2.35 bits per heavy atom. The molecule has 2 atom stereocenters. The molecule has 5 nitrogen and oxygen atoms in total. The van der Waals surface area contributed by atoms with Crippen molar-refractivity contribution in [3.8, 4) is 0 Å². The topological polar surface area (TPSA) is 54.2 Å². The first-order valence-corrected chi connectivity index (χ1v) is 9.26. The summed E-state index contributed by atoms with van der Waals surface area (Å²) in [6.45, 7) is 6.66. The second-order valence-corrected chi connectivity index (χ2v) is 7.37. The summed E-state index contributed by atoms with van der Waals surface area (Å²) in [5.41, 5.74) is 3.92. The fourth-order valence-electron chi connectivity index (χ4n) is 3.41. The number of anilines is 1. The average molecular weight is 416 g/mol. The van der Waals surface area contributed by atoms with E-state index in [0.29, 0.717) is 6.54 Å². The number of hydrogen-bond acceptors (Lipinski definition) is 4. The lowest BCUT2D eigenvalue weighted by molar-refractivity contribution is 0.573. The van der Waals surface area contributed by atoms with Gasteiger partial charge < -0.3 is 10.6 Å². The molecule has 2 aliphatic rings. The second kappa shape index (κ2) is 6.72. The molecular formula is C19H19BrFN5. The Bertz CT molecular complexity index is 972. The summed E-state index contributed by atoms with van der Waals surface area (Å²) in [4.78, 5) is 8.99. The van der Waals surface area contributed by atoms with Gasteiger partial charge in [-0.25, -0.2) is 14.4 Å². The molecule has 1 aliphatic heterocycles. The molecule has 0 amide bonds. The fourth-order valence-corrected chi connectivity index (χ4v) is 3.79. The van der Waals surface area contributed by atoms with E-state index in [0.717, 1.165) is 33.8 Å². The summed E-state index contributed by atoms with van der Waals surface area (Å²) in [5, 5.41) is 6.61. The van der Waals surface area contributed by atoms with Crippen LogP contribution in [0.3, 0.4) is 0 Å². The monoisotopic (exact) mass is 415 g/mol. The zero-order valence-corrected chi connectivity index (χ0v) is 15.9. The SMILES string of the molecule is C=C(C)c1cnc2c(NCCC3=CNC4C=C(F)C=CC34)nc(Br)cn12. The van der Waals surface area contributed by atoms with Crippen LogP contribution in [0.1, 0.15) is 19.0 Å². The number of rotatable bonds is 5. The molecule has 134 valence electrons. The molecule has 0 fully saturated rings. The van der Waals surface area contributed by atoms with Gasteiger partial charge in [-0.2, -0.15) is 0 Å². The summed E-state index contributed by atoms with van der Waals surface area (Å²) >= 11 is 3.46. The van der Waals surface area contributed by atoms with Crippen molar-refractivity contribution >= 4 is 33.0 Å². The Morgan fingerprint density at radius 3 is 3.15 bits per heavy atom. The molecule has 4 rings (SSSR count). The third-order valence-corrected chi connectivity index (χ3v) is 5.07. The van der Waals surface area contributed by atoms with Crippen LogP contribution in [0.15, 0.2) is 59.4 Å². The first-order valence-electron chi connectivity index (χ1n) is 8.47. The van der Waals surface area contributed by atoms with Crippen LogP contribution in [0.4, 0.5) is 10.2 Å². The number of imidazole rings is 1. The van der Waals surface area contributed by atoms with Crippen LogP contribution in [0.25, 0.3) is 11.2 Å². The molecule has 1 aliphatic carbocycles. The third kappa shape index (κ3) is 3.07. The van der Waals surface area contributed by atoms with Crippen LogP contribution >= 0.6 is 15.9 Å². The quantitative estimate of drug-likeness (QED) is 0.767. The van der Waals surface area contributed by atoms with Crippen LogP contribution in [0, 0.1) is 5.92 Å². The predicted molar refractivity (Wildman–Crippen MR) is 105 cm³/mol. The number of fused-ring (bicyclic) bond motifs is 2. The molecule has 3 heterocycles. The molecule has 2 unspecified atom stereocenters. The number of nitrogens with zero attached hydrogens (tertiary/aromatic N) is 3. The highest BCUT2D eigenvalue weighted by Gasteiger charge is 2.28. The minimum absolute atomic E-state index is 0.0242. The van der Waals surface area contributed by atoms with E-state index in [-0.39, 0.29) is 17.8 Å². The van der Waals surface area contributed by atoms with Gasteiger partial charge in [0.15, 0.2) is 11.5 Å². The highest BCUT2D eigenvalue weighted by atomic mass is 79.9. The summed E-state index contributed by atoms with van der Waals surface area (Å²) in [5.74, 6) is 0.758. The van der Waals surface area contributed by atoms with E-state index in [9.17, 15) is 4.39 Å². The molecule has 0 radical (unpaired) electrons. The predicted octanol–water partition coefficient (Wildman–Crippen LogP) is 4.22. The van der Waals surface area contributed by atoms with Crippen LogP contribution in [-0.2, 0) is 0 Å². The lowest BCUT2D eigenvalue weighted by atomic mass is 9.89. The molecule has 2 aromatic rings. The summed E-state index contributed by atoms with van der Waals surface area (Å²) in [6.07, 6.45) is 11.6. The van der Waals surface area contributed by atoms with E-state index in [1.165, 1.54) is 5.57 Å². The summed E-state index contributed by atoms with van der Waals surface area (Å²) in [7, 11) is 0. The molecule has 0 aromatic carbocycles. The van der Waals surface area contributed by atoms with Gasteiger partial charge in [0.25, 0.3) is 0 Å². The highest BCUT2D eigenvalue weighted by Crippen LogP contribution is 2.30. The number of hydrogen-bond donors (Lipinski definition) is 2. The number of aromatic nitrogens is 3. The van der Waals surface area contributed by atoms with Crippen molar-refractivity contribution in [3.63, 3.8) is 0 Å². The largest absolute Gasteiger partial charge is 0.384 e. The summed E-state index contributed by atoms with van der Waals surface area (Å²) < 4.78 is 16.0. The Morgan fingerprint density at radius 1 is 1.50 bits per heavy atom. The average Bonchev–Trinajstić information content (AvgIpc) is 3.18. The molecule has 0 saturated heterocycles. The second-order valence-electron chi connectivity index (χ2n) is 6.55. The Kier molecular flexibility index (Phi) is 4.40. The van der Waals surface area contributed by atoms with Crippen molar-refractivity contribution in [3.05, 3.63) is 65.1 Å². The van der Waals surface area contributed by atoms with E-state index >= 15 is 0 Å². The van der Waals surface area contributed by atoms with E-state index in [1.807, 2.05) is 29.8 Å². The number of allylic oxidation sites excluding steroid dienone is 3. The molecule has 2 aromatic heterocycles. The van der Waals surface area contributed by atoms with Gasteiger partial charge in [0, 0.05) is 18.7 Å². The van der Waals surface area contributed by atoms with Crippen molar-refractivity contribution in [2.24, 2.45) is 5.92 Å². The molecule has 2 N–H and O–H groups in total. The van der Waals surface area contributed by atoms with Crippen molar-refractivity contribution in [2.45, 2.75) is 19.4 Å². The van der Waals surface area contributed by atoms with Gasteiger partial charge in [0.1, 0.15) is 10.4 Å². The molecule has 0 saturated carbocycles. The normalized spacial score (nSPS) is 21.2. The standard InChI is InChI=1S/C19H19BrFN5/c1-11(2)16-9-24-19-18(25-17(20)10-26(16)19)22-6-5-12-8-23-15-7-13(21)3-4-14(12)15/h3-4,7-10,14-15,23H,1,5-6H2,2H3,(H,22,25). The van der Waals surface area contributed by atoms with Gasteiger partial charge in [-0.3, -0.25) is 4.40 Å². The Balaban J connectivity index is 1.48. The van der Waals surface area contributed by atoms with Crippen LogP contribution in [-0.4, -0.2) is 27.0 Å². The molecule has 26 heavy (non-hydrogen) atoms. The van der Waals surface area contributed by atoms with Gasteiger partial charge in [-0.1, -0.05) is 12.7 Å². The minimum atomic E-state index is -0.181. The van der Waals surface area contributed by atoms with E-state index in [1.54, 1.807) is 18.3 Å². The molecule has 0 spiro atoms. The van der Waals surface area contributed by atoms with Gasteiger partial charge >= 0.3 is 0 Å². The lowest BCUT2D eigenvalue weighted by Crippen LogP contribution is -2.26. The Hall–Kier alpha value is -2.41. The van der Waals surface area contributed by atoms with Gasteiger partial charge in [-0.15, -0.1) is 0 Å². The van der Waals surface area contributed by atoms with E-state index in [2.05, 4.69) is 43.1 Å². The fraction of sp³-hybridized carbons (Fsp3) is 0.263. The molecular weight excluding hydrogens is 397 g/mol.